The van der Waals surface area contributed by atoms with Gasteiger partial charge in [-0.1, -0.05) is 17.7 Å². The summed E-state index contributed by atoms with van der Waals surface area (Å²) in [6.45, 7) is 2.08. The number of piperidine rings is 1. The summed E-state index contributed by atoms with van der Waals surface area (Å²) in [5.74, 6) is -2.12. The number of hydrogen-bond donors (Lipinski definition) is 2. The molecule has 1 aliphatic rings. The SMILES string of the molecule is C[C@@H]1[C@H](C(=O)O)CCCN1C(=O)CNC(=O)c1cccc(Cl)c1. The molecule has 2 amide bonds. The molecule has 0 aromatic heterocycles. The topological polar surface area (TPSA) is 86.7 Å². The fourth-order valence-electron chi connectivity index (χ4n) is 2.81. The van der Waals surface area contributed by atoms with Crippen molar-refractivity contribution in [3.8, 4) is 0 Å². The lowest BCUT2D eigenvalue weighted by atomic mass is 9.90. The molecule has 0 unspecified atom stereocenters. The Morgan fingerprint density at radius 2 is 2.13 bits per heavy atom. The fourth-order valence-corrected chi connectivity index (χ4v) is 3.00. The van der Waals surface area contributed by atoms with E-state index in [2.05, 4.69) is 5.32 Å². The fraction of sp³-hybridized carbons (Fsp3) is 0.438. The van der Waals surface area contributed by atoms with Crippen molar-refractivity contribution in [1.82, 2.24) is 10.2 Å². The molecule has 2 N–H and O–H groups in total. The maximum atomic E-state index is 12.3. The Bertz CT molecular complexity index is 620. The van der Waals surface area contributed by atoms with Crippen molar-refractivity contribution in [2.75, 3.05) is 13.1 Å². The number of halogens is 1. The molecule has 6 nitrogen and oxygen atoms in total. The minimum absolute atomic E-state index is 0.165. The lowest BCUT2D eigenvalue weighted by Crippen LogP contribution is -2.51. The van der Waals surface area contributed by atoms with Crippen LogP contribution in [0.4, 0.5) is 0 Å². The second-order valence-corrected chi connectivity index (χ2v) is 6.04. The number of hydrogen-bond acceptors (Lipinski definition) is 3. The third-order valence-corrected chi connectivity index (χ3v) is 4.35. The molecule has 0 bridgehead atoms. The van der Waals surface area contributed by atoms with Gasteiger partial charge in [0.05, 0.1) is 12.5 Å². The zero-order valence-electron chi connectivity index (χ0n) is 12.8. The van der Waals surface area contributed by atoms with E-state index in [1.54, 1.807) is 25.1 Å². The molecule has 0 radical (unpaired) electrons. The van der Waals surface area contributed by atoms with E-state index in [1.165, 1.54) is 11.0 Å². The number of aliphatic carboxylic acids is 1. The van der Waals surface area contributed by atoms with E-state index in [0.29, 0.717) is 30.0 Å². The van der Waals surface area contributed by atoms with Crippen LogP contribution in [0, 0.1) is 5.92 Å². The number of nitrogens with zero attached hydrogens (tertiary/aromatic N) is 1. The number of carboxylic acids is 1. The summed E-state index contributed by atoms with van der Waals surface area (Å²) in [6.07, 6.45) is 1.21. The van der Waals surface area contributed by atoms with E-state index in [1.807, 2.05) is 0 Å². The van der Waals surface area contributed by atoms with Crippen LogP contribution >= 0.6 is 11.6 Å². The predicted octanol–water partition coefficient (Wildman–Crippen LogP) is 1.78. The average Bonchev–Trinajstić information content (AvgIpc) is 2.52. The first kappa shape index (κ1) is 17.3. The van der Waals surface area contributed by atoms with Crippen molar-refractivity contribution >= 4 is 29.4 Å². The van der Waals surface area contributed by atoms with Gasteiger partial charge in [0, 0.05) is 23.2 Å². The quantitative estimate of drug-likeness (QED) is 0.876. The number of carboxylic acid groups (broad SMARTS) is 1. The highest BCUT2D eigenvalue weighted by molar-refractivity contribution is 6.30. The van der Waals surface area contributed by atoms with Gasteiger partial charge in [0.2, 0.25) is 5.91 Å². The molecule has 2 rings (SSSR count). The summed E-state index contributed by atoms with van der Waals surface area (Å²) in [5, 5.41) is 12.2. The normalized spacial score (nSPS) is 20.9. The van der Waals surface area contributed by atoms with Gasteiger partial charge < -0.3 is 15.3 Å². The highest BCUT2D eigenvalue weighted by Gasteiger charge is 2.35. The lowest BCUT2D eigenvalue weighted by Gasteiger charge is -2.37. The van der Waals surface area contributed by atoms with Crippen LogP contribution in [0.15, 0.2) is 24.3 Å². The van der Waals surface area contributed by atoms with Gasteiger partial charge in [0.15, 0.2) is 0 Å². The standard InChI is InChI=1S/C16H19ClN2O4/c1-10-13(16(22)23)6-3-7-19(10)14(20)9-18-15(21)11-4-2-5-12(17)8-11/h2,4-5,8,10,13H,3,6-7,9H2,1H3,(H,18,21)(H,22,23)/t10-,13-/m1/s1. The first-order valence-corrected chi connectivity index (χ1v) is 7.84. The predicted molar refractivity (Wildman–Crippen MR) is 85.3 cm³/mol. The van der Waals surface area contributed by atoms with E-state index in [9.17, 15) is 19.5 Å². The molecule has 1 heterocycles. The second-order valence-electron chi connectivity index (χ2n) is 5.61. The minimum atomic E-state index is -0.891. The van der Waals surface area contributed by atoms with Crippen LogP contribution in [-0.4, -0.2) is 46.9 Å². The molecule has 23 heavy (non-hydrogen) atoms. The zero-order valence-corrected chi connectivity index (χ0v) is 13.5. The maximum Gasteiger partial charge on any atom is 0.308 e. The van der Waals surface area contributed by atoms with Gasteiger partial charge in [-0.25, -0.2) is 0 Å². The Hall–Kier alpha value is -2.08. The number of rotatable bonds is 4. The first-order chi connectivity index (χ1) is 10.9. The van der Waals surface area contributed by atoms with Gasteiger partial charge in [-0.2, -0.15) is 0 Å². The third kappa shape index (κ3) is 4.22. The molecule has 7 heteroatoms. The Morgan fingerprint density at radius 1 is 1.39 bits per heavy atom. The van der Waals surface area contributed by atoms with Crippen molar-refractivity contribution in [2.45, 2.75) is 25.8 Å². The molecule has 1 aromatic rings. The lowest BCUT2D eigenvalue weighted by molar-refractivity contribution is -0.148. The summed E-state index contributed by atoms with van der Waals surface area (Å²) >= 11 is 5.83. The zero-order chi connectivity index (χ0) is 17.0. The summed E-state index contributed by atoms with van der Waals surface area (Å²) in [7, 11) is 0. The monoisotopic (exact) mass is 338 g/mol. The molecule has 0 saturated carbocycles. The largest absolute Gasteiger partial charge is 0.481 e. The van der Waals surface area contributed by atoms with Crippen LogP contribution in [0.1, 0.15) is 30.1 Å². The molecule has 2 atom stereocenters. The molecule has 124 valence electrons. The Morgan fingerprint density at radius 3 is 2.78 bits per heavy atom. The van der Waals surface area contributed by atoms with Crippen LogP contribution in [0.2, 0.25) is 5.02 Å². The van der Waals surface area contributed by atoms with E-state index in [0.717, 1.165) is 0 Å². The highest BCUT2D eigenvalue weighted by Crippen LogP contribution is 2.23. The molecule has 1 aromatic carbocycles. The van der Waals surface area contributed by atoms with Crippen molar-refractivity contribution in [2.24, 2.45) is 5.92 Å². The van der Waals surface area contributed by atoms with Gasteiger partial charge in [-0.15, -0.1) is 0 Å². The van der Waals surface area contributed by atoms with Crippen LogP contribution < -0.4 is 5.32 Å². The van der Waals surface area contributed by atoms with E-state index in [-0.39, 0.29) is 24.4 Å². The van der Waals surface area contributed by atoms with Crippen LogP contribution in [0.3, 0.4) is 0 Å². The molecular weight excluding hydrogens is 320 g/mol. The summed E-state index contributed by atoms with van der Waals surface area (Å²) in [5.41, 5.74) is 0.375. The van der Waals surface area contributed by atoms with Crippen LogP contribution in [0.5, 0.6) is 0 Å². The van der Waals surface area contributed by atoms with Gasteiger partial charge in [0.1, 0.15) is 0 Å². The van der Waals surface area contributed by atoms with E-state index in [4.69, 9.17) is 11.6 Å². The smallest absolute Gasteiger partial charge is 0.308 e. The summed E-state index contributed by atoms with van der Waals surface area (Å²) < 4.78 is 0. The molecule has 1 saturated heterocycles. The van der Waals surface area contributed by atoms with Gasteiger partial charge in [0.25, 0.3) is 5.91 Å². The maximum absolute atomic E-state index is 12.3. The molecular formula is C16H19ClN2O4. The number of carbonyl (C=O) groups is 3. The molecule has 0 spiro atoms. The van der Waals surface area contributed by atoms with Crippen LogP contribution in [-0.2, 0) is 9.59 Å². The Balaban J connectivity index is 1.94. The van der Waals surface area contributed by atoms with Crippen molar-refractivity contribution in [3.05, 3.63) is 34.9 Å². The Kier molecular flexibility index (Phi) is 5.60. The van der Waals surface area contributed by atoms with Gasteiger partial charge >= 0.3 is 5.97 Å². The van der Waals surface area contributed by atoms with Gasteiger partial charge in [-0.3, -0.25) is 14.4 Å². The van der Waals surface area contributed by atoms with Crippen LogP contribution in [0.25, 0.3) is 0 Å². The van der Waals surface area contributed by atoms with Crippen molar-refractivity contribution < 1.29 is 19.5 Å². The molecule has 0 aliphatic carbocycles. The minimum Gasteiger partial charge on any atom is -0.481 e. The average molecular weight is 339 g/mol. The summed E-state index contributed by atoms with van der Waals surface area (Å²) in [4.78, 5) is 37.0. The number of likely N-dealkylation sites (tertiary alicyclic amines) is 1. The summed E-state index contributed by atoms with van der Waals surface area (Å²) in [6, 6.07) is 6.06. The van der Waals surface area contributed by atoms with E-state index >= 15 is 0 Å². The van der Waals surface area contributed by atoms with Crippen molar-refractivity contribution in [3.63, 3.8) is 0 Å². The molecule has 1 fully saturated rings. The highest BCUT2D eigenvalue weighted by atomic mass is 35.5. The molecule has 1 aliphatic heterocycles. The number of benzene rings is 1. The second kappa shape index (κ2) is 7.46. The Labute approximate surface area is 139 Å². The van der Waals surface area contributed by atoms with Crippen molar-refractivity contribution in [1.29, 1.82) is 0 Å². The first-order valence-electron chi connectivity index (χ1n) is 7.46. The number of amides is 2. The number of carbonyl (C=O) groups excluding carboxylic acids is 2. The van der Waals surface area contributed by atoms with Gasteiger partial charge in [-0.05, 0) is 38.0 Å². The van der Waals surface area contributed by atoms with E-state index < -0.39 is 11.9 Å². The number of nitrogens with one attached hydrogen (secondary N) is 1. The third-order valence-electron chi connectivity index (χ3n) is 4.11.